The van der Waals surface area contributed by atoms with Crippen LogP contribution in [0.1, 0.15) is 28.8 Å². The maximum absolute atomic E-state index is 11.8. The molecule has 2 rings (SSSR count). The Balaban J connectivity index is 1.62. The zero-order valence-corrected chi connectivity index (χ0v) is 11.9. The summed E-state index contributed by atoms with van der Waals surface area (Å²) in [6, 6.07) is 7.35. The van der Waals surface area contributed by atoms with Crippen molar-refractivity contribution in [2.75, 3.05) is 13.2 Å². The fraction of sp³-hybridized carbons (Fsp3) is 0.500. The van der Waals surface area contributed by atoms with Gasteiger partial charge in [0.15, 0.2) is 0 Å². The highest BCUT2D eigenvalue weighted by Crippen LogP contribution is 2.19. The summed E-state index contributed by atoms with van der Waals surface area (Å²) in [5.74, 6) is -0.0792. The van der Waals surface area contributed by atoms with Gasteiger partial charge in [0.2, 0.25) is 0 Å². The molecule has 122 valence electrons. The van der Waals surface area contributed by atoms with Crippen LogP contribution in [-0.2, 0) is 11.3 Å². The van der Waals surface area contributed by atoms with Crippen molar-refractivity contribution in [3.63, 3.8) is 0 Å². The number of carbonyl (C=O) groups is 1. The summed E-state index contributed by atoms with van der Waals surface area (Å²) >= 11 is 0. The summed E-state index contributed by atoms with van der Waals surface area (Å²) in [5.41, 5.74) is 6.91. The molecule has 8 heteroatoms. The number of carbonyl (C=O) groups excluding carboxylic acids is 1. The number of nitrogens with one attached hydrogen (secondary N) is 3. The van der Waals surface area contributed by atoms with Gasteiger partial charge in [-0.25, -0.2) is 0 Å². The van der Waals surface area contributed by atoms with E-state index in [1.54, 1.807) is 24.3 Å². The Labute approximate surface area is 126 Å². The molecule has 1 aliphatic carbocycles. The van der Waals surface area contributed by atoms with Gasteiger partial charge in [0.25, 0.3) is 5.91 Å². The van der Waals surface area contributed by atoms with Gasteiger partial charge in [-0.3, -0.25) is 20.4 Å². The predicted octanol–water partition coefficient (Wildman–Crippen LogP) is 1.71. The number of rotatable bonds is 8. The van der Waals surface area contributed by atoms with E-state index in [-0.39, 0.29) is 12.5 Å². The van der Waals surface area contributed by atoms with E-state index in [0.29, 0.717) is 18.2 Å². The van der Waals surface area contributed by atoms with Crippen molar-refractivity contribution >= 4 is 5.91 Å². The van der Waals surface area contributed by atoms with Gasteiger partial charge in [-0.05, 0) is 30.5 Å². The van der Waals surface area contributed by atoms with Crippen molar-refractivity contribution < 1.29 is 22.7 Å². The lowest BCUT2D eigenvalue weighted by Crippen LogP contribution is -2.35. The van der Waals surface area contributed by atoms with Gasteiger partial charge < -0.3 is 5.32 Å². The fourth-order valence-corrected chi connectivity index (χ4v) is 1.74. The van der Waals surface area contributed by atoms with Crippen LogP contribution in [0.15, 0.2) is 24.3 Å². The van der Waals surface area contributed by atoms with E-state index in [1.807, 2.05) is 0 Å². The van der Waals surface area contributed by atoms with Gasteiger partial charge >= 0.3 is 6.36 Å². The van der Waals surface area contributed by atoms with Gasteiger partial charge in [0.05, 0.1) is 6.61 Å². The molecule has 0 heterocycles. The van der Waals surface area contributed by atoms with Crippen LogP contribution in [0.4, 0.5) is 13.2 Å². The molecule has 0 radical (unpaired) electrons. The van der Waals surface area contributed by atoms with Gasteiger partial charge in [-0.1, -0.05) is 12.1 Å². The molecule has 1 saturated carbocycles. The maximum atomic E-state index is 11.8. The second kappa shape index (κ2) is 7.57. The minimum atomic E-state index is -4.60. The number of alkyl halides is 3. The van der Waals surface area contributed by atoms with E-state index in [9.17, 15) is 18.0 Å². The Bertz CT molecular complexity index is 487. The molecular weight excluding hydrogens is 299 g/mol. The number of hydrogen-bond acceptors (Lipinski definition) is 4. The van der Waals surface area contributed by atoms with Crippen molar-refractivity contribution in [3.8, 4) is 0 Å². The summed E-state index contributed by atoms with van der Waals surface area (Å²) in [5, 5.41) is 2.90. The zero-order valence-electron chi connectivity index (χ0n) is 11.9. The Kier molecular flexibility index (Phi) is 5.76. The Morgan fingerprint density at radius 3 is 2.45 bits per heavy atom. The van der Waals surface area contributed by atoms with Crippen LogP contribution < -0.4 is 16.2 Å². The van der Waals surface area contributed by atoms with Gasteiger partial charge in [0, 0.05) is 24.7 Å². The Morgan fingerprint density at radius 1 is 1.18 bits per heavy atom. The highest BCUT2D eigenvalue weighted by molar-refractivity contribution is 5.94. The van der Waals surface area contributed by atoms with Crippen LogP contribution in [-0.4, -0.2) is 31.5 Å². The van der Waals surface area contributed by atoms with Crippen molar-refractivity contribution in [2.24, 2.45) is 0 Å². The lowest BCUT2D eigenvalue weighted by Gasteiger charge is -2.10. The summed E-state index contributed by atoms with van der Waals surface area (Å²) < 4.78 is 38.8. The molecule has 0 aromatic heterocycles. The number of ether oxygens (including phenoxy) is 1. The topological polar surface area (TPSA) is 62.4 Å². The summed E-state index contributed by atoms with van der Waals surface area (Å²) in [6.07, 6.45) is -2.52. The number of hydrogen-bond donors (Lipinski definition) is 3. The van der Waals surface area contributed by atoms with Crippen molar-refractivity contribution in [2.45, 2.75) is 31.8 Å². The smallest absolute Gasteiger partial charge is 0.349 e. The van der Waals surface area contributed by atoms with Gasteiger partial charge in [-0.2, -0.15) is 0 Å². The standard InChI is InChI=1S/C14H18F3N3O2/c15-14(16,17)22-8-7-18-19-9-10-1-3-11(4-2-10)13(21)20-12-5-6-12/h1-4,12,18-19H,5-9H2,(H,20,21). The van der Waals surface area contributed by atoms with E-state index in [0.717, 1.165) is 18.4 Å². The minimum absolute atomic E-state index is 0.0292. The van der Waals surface area contributed by atoms with Crippen LogP contribution in [0.3, 0.4) is 0 Å². The quantitative estimate of drug-likeness (QED) is 0.504. The molecule has 22 heavy (non-hydrogen) atoms. The molecule has 1 aromatic carbocycles. The number of amides is 1. The molecule has 5 nitrogen and oxygen atoms in total. The third kappa shape index (κ3) is 6.42. The first-order chi connectivity index (χ1) is 10.4. The zero-order chi connectivity index (χ0) is 16.0. The molecule has 0 aliphatic heterocycles. The Hall–Kier alpha value is -1.64. The first-order valence-electron chi connectivity index (χ1n) is 7.00. The second-order valence-electron chi connectivity index (χ2n) is 5.02. The second-order valence-corrected chi connectivity index (χ2v) is 5.02. The lowest BCUT2D eigenvalue weighted by atomic mass is 10.1. The van der Waals surface area contributed by atoms with Crippen LogP contribution in [0, 0.1) is 0 Å². The van der Waals surface area contributed by atoms with Crippen LogP contribution in [0.5, 0.6) is 0 Å². The summed E-state index contributed by atoms with van der Waals surface area (Å²) in [6.45, 7) is -0.00525. The average Bonchev–Trinajstić information content (AvgIpc) is 3.26. The number of halogens is 3. The summed E-state index contributed by atoms with van der Waals surface area (Å²) in [7, 11) is 0. The molecule has 0 bridgehead atoms. The van der Waals surface area contributed by atoms with E-state index >= 15 is 0 Å². The first kappa shape index (κ1) is 16.7. The van der Waals surface area contributed by atoms with Gasteiger partial charge in [0.1, 0.15) is 0 Å². The van der Waals surface area contributed by atoms with E-state index in [4.69, 9.17) is 0 Å². The van der Waals surface area contributed by atoms with Crippen LogP contribution in [0.25, 0.3) is 0 Å². The largest absolute Gasteiger partial charge is 0.522 e. The lowest BCUT2D eigenvalue weighted by molar-refractivity contribution is -0.323. The third-order valence-electron chi connectivity index (χ3n) is 3.04. The first-order valence-corrected chi connectivity index (χ1v) is 7.00. The summed E-state index contributed by atoms with van der Waals surface area (Å²) in [4.78, 5) is 11.8. The Morgan fingerprint density at radius 2 is 1.86 bits per heavy atom. The van der Waals surface area contributed by atoms with Crippen molar-refractivity contribution in [1.29, 1.82) is 0 Å². The predicted molar refractivity (Wildman–Crippen MR) is 73.8 cm³/mol. The van der Waals surface area contributed by atoms with Crippen molar-refractivity contribution in [3.05, 3.63) is 35.4 Å². The van der Waals surface area contributed by atoms with Gasteiger partial charge in [-0.15, -0.1) is 13.2 Å². The molecule has 1 fully saturated rings. The third-order valence-corrected chi connectivity index (χ3v) is 3.04. The molecule has 0 spiro atoms. The molecule has 1 aliphatic rings. The molecular formula is C14H18F3N3O2. The molecule has 0 saturated heterocycles. The highest BCUT2D eigenvalue weighted by atomic mass is 19.4. The normalized spacial score (nSPS) is 14.9. The minimum Gasteiger partial charge on any atom is -0.349 e. The van der Waals surface area contributed by atoms with E-state index in [1.165, 1.54) is 0 Å². The molecule has 1 amide bonds. The fourth-order valence-electron chi connectivity index (χ4n) is 1.74. The van der Waals surface area contributed by atoms with Crippen molar-refractivity contribution in [1.82, 2.24) is 16.2 Å². The molecule has 0 atom stereocenters. The van der Waals surface area contributed by atoms with Crippen LogP contribution in [0.2, 0.25) is 0 Å². The maximum Gasteiger partial charge on any atom is 0.522 e. The highest BCUT2D eigenvalue weighted by Gasteiger charge is 2.28. The molecule has 3 N–H and O–H groups in total. The average molecular weight is 317 g/mol. The number of benzene rings is 1. The van der Waals surface area contributed by atoms with E-state index < -0.39 is 13.0 Å². The number of hydrazine groups is 1. The van der Waals surface area contributed by atoms with E-state index in [2.05, 4.69) is 20.9 Å². The SMILES string of the molecule is O=C(NC1CC1)c1ccc(CNNCCOC(F)(F)F)cc1. The molecule has 1 aromatic rings. The molecule has 0 unspecified atom stereocenters. The monoisotopic (exact) mass is 317 g/mol. The van der Waals surface area contributed by atoms with Crippen LogP contribution >= 0.6 is 0 Å².